The summed E-state index contributed by atoms with van der Waals surface area (Å²) < 4.78 is 11.5. The Labute approximate surface area is 150 Å². The summed E-state index contributed by atoms with van der Waals surface area (Å²) in [7, 11) is 1.56. The van der Waals surface area contributed by atoms with Gasteiger partial charge in [-0.15, -0.1) is 0 Å². The Morgan fingerprint density at radius 1 is 1.28 bits per heavy atom. The first-order valence-electron chi connectivity index (χ1n) is 9.19. The van der Waals surface area contributed by atoms with Crippen LogP contribution in [0.1, 0.15) is 57.9 Å². The molecule has 0 radical (unpaired) electrons. The summed E-state index contributed by atoms with van der Waals surface area (Å²) >= 11 is 0. The van der Waals surface area contributed by atoms with Crippen molar-refractivity contribution >= 4 is 0 Å². The summed E-state index contributed by atoms with van der Waals surface area (Å²) in [6.07, 6.45) is 5.77. The SMILES string of the molecule is CCC=C(C)C1C(C)=CC2(C)C1C2(C)c1oc(OC)c(C)c(=O)c1C. The molecule has 3 rings (SSSR count). The van der Waals surface area contributed by atoms with Gasteiger partial charge in [0.2, 0.25) is 0 Å². The number of allylic oxidation sites excluding steroid dienone is 4. The first-order chi connectivity index (χ1) is 11.6. The highest BCUT2D eigenvalue weighted by Crippen LogP contribution is 2.78. The van der Waals surface area contributed by atoms with Crippen LogP contribution in [0.4, 0.5) is 0 Å². The van der Waals surface area contributed by atoms with Crippen molar-refractivity contribution in [3.05, 3.63) is 50.4 Å². The summed E-state index contributed by atoms with van der Waals surface area (Å²) in [5.41, 5.74) is 4.01. The molecule has 2 aliphatic carbocycles. The van der Waals surface area contributed by atoms with E-state index in [1.54, 1.807) is 14.0 Å². The highest BCUT2D eigenvalue weighted by atomic mass is 16.6. The Bertz CT molecular complexity index is 842. The molecule has 3 nitrogen and oxygen atoms in total. The molecule has 1 aromatic rings. The van der Waals surface area contributed by atoms with Gasteiger partial charge in [0.25, 0.3) is 5.95 Å². The van der Waals surface area contributed by atoms with Crippen LogP contribution in [0.25, 0.3) is 0 Å². The molecule has 2 aliphatic rings. The second-order valence-corrected chi connectivity index (χ2v) is 8.19. The summed E-state index contributed by atoms with van der Waals surface area (Å²) in [4.78, 5) is 12.7. The van der Waals surface area contributed by atoms with Crippen molar-refractivity contribution in [2.45, 2.75) is 60.3 Å². The number of hydrogen-bond acceptors (Lipinski definition) is 3. The molecule has 0 spiro atoms. The van der Waals surface area contributed by atoms with Gasteiger partial charge in [-0.05, 0) is 40.0 Å². The molecular formula is C22H30O3. The highest BCUT2D eigenvalue weighted by molar-refractivity contribution is 5.52. The summed E-state index contributed by atoms with van der Waals surface area (Å²) in [5.74, 6) is 1.99. The lowest BCUT2D eigenvalue weighted by Gasteiger charge is -2.24. The number of ether oxygens (including phenoxy) is 1. The fraction of sp³-hybridized carbons (Fsp3) is 0.591. The lowest BCUT2D eigenvalue weighted by molar-refractivity contribution is 0.262. The minimum Gasteiger partial charge on any atom is -0.468 e. The van der Waals surface area contributed by atoms with Gasteiger partial charge < -0.3 is 9.15 Å². The molecule has 0 saturated heterocycles. The highest BCUT2D eigenvalue weighted by Gasteiger charge is 2.77. The minimum absolute atomic E-state index is 0.0194. The van der Waals surface area contributed by atoms with Crippen molar-refractivity contribution in [1.29, 1.82) is 0 Å². The predicted molar refractivity (Wildman–Crippen MR) is 101 cm³/mol. The van der Waals surface area contributed by atoms with Crippen LogP contribution in [-0.2, 0) is 5.41 Å². The summed E-state index contributed by atoms with van der Waals surface area (Å²) in [6.45, 7) is 14.8. The Morgan fingerprint density at radius 2 is 1.92 bits per heavy atom. The molecule has 4 unspecified atom stereocenters. The molecule has 0 amide bonds. The molecule has 0 bridgehead atoms. The third kappa shape index (κ3) is 2.14. The topological polar surface area (TPSA) is 39.4 Å². The maximum Gasteiger partial charge on any atom is 0.291 e. The average molecular weight is 342 g/mol. The zero-order valence-electron chi connectivity index (χ0n) is 16.7. The predicted octanol–water partition coefficient (Wildman–Crippen LogP) is 5.09. The largest absolute Gasteiger partial charge is 0.468 e. The van der Waals surface area contributed by atoms with Crippen LogP contribution in [-0.4, -0.2) is 7.11 Å². The monoisotopic (exact) mass is 342 g/mol. The Balaban J connectivity index is 2.16. The Morgan fingerprint density at radius 3 is 2.48 bits per heavy atom. The van der Waals surface area contributed by atoms with E-state index >= 15 is 0 Å². The van der Waals surface area contributed by atoms with Crippen LogP contribution in [0.15, 0.2) is 32.5 Å². The molecule has 136 valence electrons. The van der Waals surface area contributed by atoms with Gasteiger partial charge in [-0.1, -0.05) is 44.1 Å². The van der Waals surface area contributed by atoms with Crippen LogP contribution in [0.3, 0.4) is 0 Å². The van der Waals surface area contributed by atoms with Crippen molar-refractivity contribution in [3.63, 3.8) is 0 Å². The lowest BCUT2D eigenvalue weighted by atomic mass is 9.82. The maximum atomic E-state index is 12.7. The van der Waals surface area contributed by atoms with E-state index in [4.69, 9.17) is 9.15 Å². The Kier molecular flexibility index (Phi) is 4.05. The second kappa shape index (κ2) is 5.62. The van der Waals surface area contributed by atoms with Gasteiger partial charge in [0, 0.05) is 22.3 Å². The van der Waals surface area contributed by atoms with Gasteiger partial charge in [-0.3, -0.25) is 4.79 Å². The van der Waals surface area contributed by atoms with Gasteiger partial charge in [0.05, 0.1) is 12.7 Å². The standard InChI is InChI=1S/C22H30O3/c1-9-10-12(2)16-13(3)11-21(6)18(16)22(21,7)19-14(4)17(23)15(5)20(24-8)25-19/h10-11,16,18H,9H2,1-8H3. The van der Waals surface area contributed by atoms with Crippen LogP contribution < -0.4 is 10.2 Å². The van der Waals surface area contributed by atoms with E-state index in [0.29, 0.717) is 23.3 Å². The van der Waals surface area contributed by atoms with Crippen molar-refractivity contribution in [2.24, 2.45) is 17.3 Å². The number of rotatable bonds is 4. The molecule has 0 N–H and O–H groups in total. The molecule has 25 heavy (non-hydrogen) atoms. The summed E-state index contributed by atoms with van der Waals surface area (Å²) in [5, 5.41) is 0. The van der Waals surface area contributed by atoms with Gasteiger partial charge in [-0.25, -0.2) is 0 Å². The third-order valence-corrected chi connectivity index (χ3v) is 6.85. The quantitative estimate of drug-likeness (QED) is 0.715. The normalized spacial score (nSPS) is 33.9. The first kappa shape index (κ1) is 18.0. The molecule has 0 aromatic carbocycles. The molecule has 1 fully saturated rings. The van der Waals surface area contributed by atoms with Crippen LogP contribution in [0.5, 0.6) is 5.95 Å². The molecule has 3 heteroatoms. The molecule has 1 saturated carbocycles. The Hall–Kier alpha value is -1.77. The zero-order valence-corrected chi connectivity index (χ0v) is 16.7. The maximum absolute atomic E-state index is 12.7. The first-order valence-corrected chi connectivity index (χ1v) is 9.19. The van der Waals surface area contributed by atoms with Crippen molar-refractivity contribution in [3.8, 4) is 5.95 Å². The molecule has 0 aliphatic heterocycles. The molecule has 1 aromatic heterocycles. The van der Waals surface area contributed by atoms with Gasteiger partial charge in [0.1, 0.15) is 5.76 Å². The number of methoxy groups -OCH3 is 1. The van der Waals surface area contributed by atoms with E-state index in [2.05, 4.69) is 46.8 Å². The third-order valence-electron chi connectivity index (χ3n) is 6.85. The van der Waals surface area contributed by atoms with E-state index in [1.807, 2.05) is 6.92 Å². The smallest absolute Gasteiger partial charge is 0.291 e. The van der Waals surface area contributed by atoms with E-state index in [9.17, 15) is 4.79 Å². The number of fused-ring (bicyclic) bond motifs is 1. The zero-order chi connectivity index (χ0) is 18.7. The van der Waals surface area contributed by atoms with E-state index in [1.165, 1.54) is 11.1 Å². The minimum atomic E-state index is -0.176. The van der Waals surface area contributed by atoms with Crippen molar-refractivity contribution in [1.82, 2.24) is 0 Å². The van der Waals surface area contributed by atoms with Crippen LogP contribution >= 0.6 is 0 Å². The van der Waals surface area contributed by atoms with Crippen LogP contribution in [0.2, 0.25) is 0 Å². The van der Waals surface area contributed by atoms with Crippen molar-refractivity contribution < 1.29 is 9.15 Å². The van der Waals surface area contributed by atoms with Gasteiger partial charge in [0.15, 0.2) is 5.43 Å². The molecule has 4 atom stereocenters. The van der Waals surface area contributed by atoms with E-state index in [-0.39, 0.29) is 16.3 Å². The lowest BCUT2D eigenvalue weighted by Crippen LogP contribution is -2.23. The second-order valence-electron chi connectivity index (χ2n) is 8.19. The van der Waals surface area contributed by atoms with Gasteiger partial charge in [-0.2, -0.15) is 0 Å². The molecule has 1 heterocycles. The van der Waals surface area contributed by atoms with Crippen LogP contribution in [0, 0.1) is 31.1 Å². The average Bonchev–Trinajstić information content (AvgIpc) is 2.86. The fourth-order valence-corrected chi connectivity index (χ4v) is 5.48. The molecular weight excluding hydrogens is 312 g/mol. The van der Waals surface area contributed by atoms with Crippen molar-refractivity contribution in [2.75, 3.05) is 7.11 Å². The fourth-order valence-electron chi connectivity index (χ4n) is 5.48. The van der Waals surface area contributed by atoms with Gasteiger partial charge >= 0.3 is 0 Å². The number of hydrogen-bond donors (Lipinski definition) is 0. The van der Waals surface area contributed by atoms with E-state index < -0.39 is 0 Å². The summed E-state index contributed by atoms with van der Waals surface area (Å²) in [6, 6.07) is 0. The van der Waals surface area contributed by atoms with E-state index in [0.717, 1.165) is 17.7 Å².